The molecule has 0 spiro atoms. The van der Waals surface area contributed by atoms with E-state index in [0.29, 0.717) is 24.3 Å². The molecule has 1 heterocycles. The van der Waals surface area contributed by atoms with Gasteiger partial charge in [0.1, 0.15) is 0 Å². The Balaban J connectivity index is 0. The second kappa shape index (κ2) is 23.6. The standard InChI is InChI=1S/C11H15NO7.C7H12O5.C3H8O2/c13-6-1-7-18-10(16)4-5-11(17)19-12-8(14)2-3-9(12)15;8-4-1-5-12-7(11)3-2-6(9)10;4-2-1-3-5/h13H,1-7H2;8H,1-5H2,(H,9,10);4-5H,1-3H2. The molecule has 1 aliphatic heterocycles. The van der Waals surface area contributed by atoms with Gasteiger partial charge in [0.05, 0.1) is 38.9 Å². The first kappa shape index (κ1) is 35.0. The Morgan fingerprint density at radius 3 is 1.39 bits per heavy atom. The number of esters is 2. The predicted molar refractivity (Wildman–Crippen MR) is 117 cm³/mol. The average Bonchev–Trinajstić information content (AvgIpc) is 3.15. The van der Waals surface area contributed by atoms with E-state index in [-0.39, 0.29) is 78.2 Å². The van der Waals surface area contributed by atoms with Gasteiger partial charge < -0.3 is 39.8 Å². The number of amides is 2. The summed E-state index contributed by atoms with van der Waals surface area (Å²) < 4.78 is 9.26. The van der Waals surface area contributed by atoms with Crippen LogP contribution in [0.3, 0.4) is 0 Å². The number of carbonyl (C=O) groups excluding carboxylic acids is 5. The molecule has 0 radical (unpaired) electrons. The van der Waals surface area contributed by atoms with Gasteiger partial charge in [0.2, 0.25) is 0 Å². The normalized spacial score (nSPS) is 12.1. The number of aliphatic hydroxyl groups excluding tert-OH is 4. The van der Waals surface area contributed by atoms with Crippen molar-refractivity contribution in [3.63, 3.8) is 0 Å². The Kier molecular flexibility index (Phi) is 23.0. The van der Waals surface area contributed by atoms with Gasteiger partial charge in [-0.3, -0.25) is 24.0 Å². The second-order valence-electron chi connectivity index (χ2n) is 6.83. The van der Waals surface area contributed by atoms with Crippen LogP contribution in [0.1, 0.15) is 57.8 Å². The number of carboxylic acids is 1. The summed E-state index contributed by atoms with van der Waals surface area (Å²) in [5.41, 5.74) is 0. The van der Waals surface area contributed by atoms with Crippen molar-refractivity contribution in [3.05, 3.63) is 0 Å². The van der Waals surface area contributed by atoms with Crippen molar-refractivity contribution in [2.45, 2.75) is 57.8 Å². The van der Waals surface area contributed by atoms with E-state index in [1.807, 2.05) is 0 Å². The van der Waals surface area contributed by atoms with E-state index < -0.39 is 35.7 Å². The third-order valence-corrected chi connectivity index (χ3v) is 3.72. The first-order valence-corrected chi connectivity index (χ1v) is 11.2. The van der Waals surface area contributed by atoms with Crippen LogP contribution in [0.2, 0.25) is 0 Å². The van der Waals surface area contributed by atoms with Gasteiger partial charge in [0, 0.05) is 52.1 Å². The van der Waals surface area contributed by atoms with Crippen molar-refractivity contribution in [2.24, 2.45) is 0 Å². The SMILES string of the molecule is O=C(CCC(=O)ON1C(=O)CCC1=O)OCCCO.O=C(O)CCC(=O)OCCCO.OCCCO. The number of imide groups is 1. The van der Waals surface area contributed by atoms with Crippen LogP contribution in [0, 0.1) is 0 Å². The summed E-state index contributed by atoms with van der Waals surface area (Å²) in [5, 5.41) is 41.2. The van der Waals surface area contributed by atoms with Crippen LogP contribution in [-0.4, -0.2) is 106 Å². The number of carboxylic acid groups (broad SMARTS) is 1. The third-order valence-electron chi connectivity index (χ3n) is 3.72. The molecule has 0 aromatic rings. The van der Waals surface area contributed by atoms with Crippen LogP contribution < -0.4 is 0 Å². The van der Waals surface area contributed by atoms with Crippen molar-refractivity contribution in [3.8, 4) is 0 Å². The van der Waals surface area contributed by atoms with Crippen LogP contribution >= 0.6 is 0 Å². The quantitative estimate of drug-likeness (QED) is 0.0924. The number of hydroxylamine groups is 2. The Labute approximate surface area is 207 Å². The van der Waals surface area contributed by atoms with Crippen LogP contribution in [0.15, 0.2) is 0 Å². The molecule has 0 aromatic carbocycles. The molecule has 1 fully saturated rings. The van der Waals surface area contributed by atoms with E-state index in [1.54, 1.807) is 0 Å². The molecule has 1 saturated heterocycles. The average molecular weight is 526 g/mol. The van der Waals surface area contributed by atoms with Crippen LogP contribution in [0.5, 0.6) is 0 Å². The van der Waals surface area contributed by atoms with E-state index in [2.05, 4.69) is 9.57 Å². The monoisotopic (exact) mass is 525 g/mol. The zero-order chi connectivity index (χ0) is 27.8. The van der Waals surface area contributed by atoms with E-state index >= 15 is 0 Å². The lowest BCUT2D eigenvalue weighted by atomic mass is 10.3. The van der Waals surface area contributed by atoms with Gasteiger partial charge >= 0.3 is 23.9 Å². The number of ether oxygens (including phenoxy) is 2. The number of carbonyl (C=O) groups is 6. The maximum absolute atomic E-state index is 11.3. The van der Waals surface area contributed by atoms with Crippen molar-refractivity contribution < 1.29 is 68.6 Å². The van der Waals surface area contributed by atoms with E-state index in [1.165, 1.54) is 0 Å². The number of hydrogen-bond acceptors (Lipinski definition) is 13. The first-order chi connectivity index (χ1) is 17.1. The number of nitrogens with zero attached hydrogens (tertiary/aromatic N) is 1. The summed E-state index contributed by atoms with van der Waals surface area (Å²) in [7, 11) is 0. The topological polar surface area (TPSA) is 234 Å². The van der Waals surface area contributed by atoms with Crippen molar-refractivity contribution in [2.75, 3.05) is 39.6 Å². The minimum absolute atomic E-state index is 0.0231. The fraction of sp³-hybridized carbons (Fsp3) is 0.714. The molecule has 0 bridgehead atoms. The Bertz CT molecular complexity index is 664. The second-order valence-corrected chi connectivity index (χ2v) is 6.83. The summed E-state index contributed by atoms with van der Waals surface area (Å²) in [6.07, 6.45) is 0.449. The van der Waals surface area contributed by atoms with Gasteiger partial charge in [-0.15, -0.1) is 5.06 Å². The van der Waals surface area contributed by atoms with Crippen molar-refractivity contribution in [1.29, 1.82) is 0 Å². The van der Waals surface area contributed by atoms with Crippen molar-refractivity contribution in [1.82, 2.24) is 5.06 Å². The highest BCUT2D eigenvalue weighted by Crippen LogP contribution is 2.13. The van der Waals surface area contributed by atoms with E-state index in [9.17, 15) is 28.8 Å². The molecule has 0 atom stereocenters. The highest BCUT2D eigenvalue weighted by molar-refractivity contribution is 6.01. The molecular weight excluding hydrogens is 490 g/mol. The van der Waals surface area contributed by atoms with Crippen LogP contribution in [0.25, 0.3) is 0 Å². The zero-order valence-corrected chi connectivity index (χ0v) is 20.0. The van der Waals surface area contributed by atoms with E-state index in [0.717, 1.165) is 0 Å². The smallest absolute Gasteiger partial charge is 0.333 e. The number of rotatable bonds is 15. The fourth-order valence-corrected chi connectivity index (χ4v) is 1.93. The fourth-order valence-electron chi connectivity index (χ4n) is 1.93. The molecule has 0 aliphatic carbocycles. The minimum Gasteiger partial charge on any atom is -0.481 e. The highest BCUT2D eigenvalue weighted by Gasteiger charge is 2.32. The lowest BCUT2D eigenvalue weighted by Gasteiger charge is -2.12. The molecule has 5 N–H and O–H groups in total. The summed E-state index contributed by atoms with van der Waals surface area (Å²) in [5.74, 6) is -4.14. The molecule has 208 valence electrons. The number of aliphatic hydroxyl groups is 4. The third kappa shape index (κ3) is 21.4. The minimum atomic E-state index is -1.02. The first-order valence-electron chi connectivity index (χ1n) is 11.2. The highest BCUT2D eigenvalue weighted by atomic mass is 16.7. The maximum Gasteiger partial charge on any atom is 0.333 e. The van der Waals surface area contributed by atoms with Gasteiger partial charge in [-0.2, -0.15) is 0 Å². The summed E-state index contributed by atoms with van der Waals surface area (Å²) in [6, 6.07) is 0. The lowest BCUT2D eigenvalue weighted by molar-refractivity contribution is -0.197. The molecular formula is C21H35NO14. The molecule has 0 saturated carbocycles. The van der Waals surface area contributed by atoms with E-state index in [4.69, 9.17) is 30.3 Å². The van der Waals surface area contributed by atoms with Gasteiger partial charge in [0.15, 0.2) is 0 Å². The molecule has 0 unspecified atom stereocenters. The Hall–Kier alpha value is -3.14. The largest absolute Gasteiger partial charge is 0.481 e. The van der Waals surface area contributed by atoms with Crippen molar-refractivity contribution >= 4 is 35.7 Å². The Morgan fingerprint density at radius 2 is 1.03 bits per heavy atom. The van der Waals surface area contributed by atoms with Crippen LogP contribution in [0.4, 0.5) is 0 Å². The molecule has 1 aliphatic rings. The number of hydrogen-bond donors (Lipinski definition) is 5. The molecule has 15 nitrogen and oxygen atoms in total. The van der Waals surface area contributed by atoms with Crippen LogP contribution in [-0.2, 0) is 43.1 Å². The molecule has 15 heteroatoms. The zero-order valence-electron chi connectivity index (χ0n) is 20.0. The maximum atomic E-state index is 11.3. The molecule has 1 rings (SSSR count). The van der Waals surface area contributed by atoms with Gasteiger partial charge in [-0.25, -0.2) is 4.79 Å². The molecule has 2 amide bonds. The molecule has 36 heavy (non-hydrogen) atoms. The van der Waals surface area contributed by atoms with Gasteiger partial charge in [-0.1, -0.05) is 0 Å². The predicted octanol–water partition coefficient (Wildman–Crippen LogP) is -1.56. The van der Waals surface area contributed by atoms with Gasteiger partial charge in [-0.05, 0) is 6.42 Å². The molecule has 0 aromatic heterocycles. The lowest BCUT2D eigenvalue weighted by Crippen LogP contribution is -2.32. The van der Waals surface area contributed by atoms with Gasteiger partial charge in [0.25, 0.3) is 11.8 Å². The Morgan fingerprint density at radius 1 is 0.639 bits per heavy atom. The summed E-state index contributed by atoms with van der Waals surface area (Å²) in [4.78, 5) is 69.9. The summed E-state index contributed by atoms with van der Waals surface area (Å²) in [6.45, 7) is 0.288. The number of aliphatic carboxylic acids is 1. The summed E-state index contributed by atoms with van der Waals surface area (Å²) >= 11 is 0.